The maximum absolute atomic E-state index is 11.9. The van der Waals surface area contributed by atoms with Crippen LogP contribution >= 0.6 is 0 Å². The first-order valence-electron chi connectivity index (χ1n) is 8.93. The van der Waals surface area contributed by atoms with Crippen molar-refractivity contribution in [2.24, 2.45) is 7.05 Å². The zero-order valence-electron chi connectivity index (χ0n) is 16.1. The van der Waals surface area contributed by atoms with Crippen LogP contribution in [0, 0.1) is 20.8 Å². The Morgan fingerprint density at radius 1 is 1.27 bits per heavy atom. The zero-order valence-corrected chi connectivity index (χ0v) is 16.1. The van der Waals surface area contributed by atoms with Crippen LogP contribution < -0.4 is 15.5 Å². The highest BCUT2D eigenvalue weighted by atomic mass is 16.2. The summed E-state index contributed by atoms with van der Waals surface area (Å²) in [6, 6.07) is 0.366. The molecule has 0 radical (unpaired) electrons. The third-order valence-corrected chi connectivity index (χ3v) is 4.92. The van der Waals surface area contributed by atoms with Gasteiger partial charge in [-0.15, -0.1) is 0 Å². The number of carbonyl (C=O) groups excluding carboxylic acids is 1. The quantitative estimate of drug-likeness (QED) is 0.825. The van der Waals surface area contributed by atoms with Gasteiger partial charge in [0.1, 0.15) is 11.6 Å². The average Bonchev–Trinajstić information content (AvgIpc) is 3.20. The van der Waals surface area contributed by atoms with E-state index in [9.17, 15) is 4.79 Å². The topological polar surface area (TPSA) is 88.0 Å². The molecule has 2 aromatic heterocycles. The van der Waals surface area contributed by atoms with E-state index in [2.05, 4.69) is 35.1 Å². The number of amides is 1. The van der Waals surface area contributed by atoms with E-state index in [1.807, 2.05) is 34.0 Å². The monoisotopic (exact) mass is 357 g/mol. The summed E-state index contributed by atoms with van der Waals surface area (Å²) in [5.41, 5.74) is 2.90. The van der Waals surface area contributed by atoms with Crippen LogP contribution in [-0.2, 0) is 13.6 Å². The molecule has 1 atom stereocenters. The molecule has 0 aliphatic carbocycles. The van der Waals surface area contributed by atoms with Crippen LogP contribution in [0.1, 0.15) is 39.8 Å². The van der Waals surface area contributed by atoms with E-state index in [1.54, 1.807) is 7.05 Å². The van der Waals surface area contributed by atoms with Gasteiger partial charge in [-0.1, -0.05) is 0 Å². The highest BCUT2D eigenvalue weighted by molar-refractivity contribution is 5.90. The van der Waals surface area contributed by atoms with Crippen LogP contribution in [0.15, 0.2) is 6.20 Å². The average molecular weight is 357 g/mol. The van der Waals surface area contributed by atoms with Crippen LogP contribution in [0.3, 0.4) is 0 Å². The van der Waals surface area contributed by atoms with Gasteiger partial charge in [-0.05, 0) is 27.2 Å². The van der Waals surface area contributed by atoms with E-state index in [-0.39, 0.29) is 11.7 Å². The van der Waals surface area contributed by atoms with Gasteiger partial charge in [0.15, 0.2) is 0 Å². The van der Waals surface area contributed by atoms with Gasteiger partial charge in [0.2, 0.25) is 5.82 Å². The predicted octanol–water partition coefficient (Wildman–Crippen LogP) is 0.863. The first-order valence-corrected chi connectivity index (χ1v) is 8.93. The van der Waals surface area contributed by atoms with Gasteiger partial charge in [0, 0.05) is 50.7 Å². The number of aryl methyl sites for hydroxylation is 3. The van der Waals surface area contributed by atoms with Crippen molar-refractivity contribution in [2.45, 2.75) is 39.8 Å². The highest BCUT2D eigenvalue weighted by Gasteiger charge is 2.26. The van der Waals surface area contributed by atoms with Gasteiger partial charge in [0.25, 0.3) is 5.91 Å². The molecule has 2 aromatic rings. The highest BCUT2D eigenvalue weighted by Crippen LogP contribution is 2.24. The lowest BCUT2D eigenvalue weighted by molar-refractivity contribution is 0.0952. The predicted molar refractivity (Wildman–Crippen MR) is 100 cm³/mol. The van der Waals surface area contributed by atoms with Crippen molar-refractivity contribution in [1.82, 2.24) is 30.2 Å². The molecule has 1 fully saturated rings. The van der Waals surface area contributed by atoms with Crippen LogP contribution in [0.25, 0.3) is 0 Å². The molecule has 8 nitrogen and oxygen atoms in total. The molecular weight excluding hydrogens is 330 g/mol. The van der Waals surface area contributed by atoms with E-state index < -0.39 is 0 Å². The molecule has 8 heteroatoms. The molecule has 2 N–H and O–H groups in total. The summed E-state index contributed by atoms with van der Waals surface area (Å²) in [5.74, 6) is 1.86. The smallest absolute Gasteiger partial charge is 0.288 e. The van der Waals surface area contributed by atoms with Crippen molar-refractivity contribution in [1.29, 1.82) is 0 Å². The number of imidazole rings is 1. The second-order valence-electron chi connectivity index (χ2n) is 6.88. The van der Waals surface area contributed by atoms with Crippen LogP contribution in [-0.4, -0.2) is 51.6 Å². The Hall–Kier alpha value is -2.48. The van der Waals surface area contributed by atoms with E-state index >= 15 is 0 Å². The van der Waals surface area contributed by atoms with E-state index in [0.29, 0.717) is 6.04 Å². The molecule has 0 aromatic carbocycles. The standard InChI is InChI=1S/C18H27N7O/c1-11-9-24(5)15(21-11)8-20-14-6-7-25(10-14)17-12(2)13(3)22-16(23-17)18(26)19-4/h9,14,20H,6-8,10H2,1-5H3,(H,19,26)/t14-/m1/s1. The summed E-state index contributed by atoms with van der Waals surface area (Å²) in [7, 11) is 3.61. The maximum atomic E-state index is 11.9. The Morgan fingerprint density at radius 2 is 2.04 bits per heavy atom. The van der Waals surface area contributed by atoms with Gasteiger partial charge in [-0.2, -0.15) is 0 Å². The number of hydrogen-bond donors (Lipinski definition) is 2. The first-order chi connectivity index (χ1) is 12.4. The Labute approximate surface area is 154 Å². The molecule has 0 spiro atoms. The molecular formula is C18H27N7O. The number of nitrogens with zero attached hydrogens (tertiary/aromatic N) is 5. The Balaban J connectivity index is 1.69. The Bertz CT molecular complexity index is 814. The fourth-order valence-corrected chi connectivity index (χ4v) is 3.32. The fraction of sp³-hybridized carbons (Fsp3) is 0.556. The molecule has 0 unspecified atom stereocenters. The summed E-state index contributed by atoms with van der Waals surface area (Å²) in [5, 5.41) is 6.18. The second-order valence-corrected chi connectivity index (χ2v) is 6.88. The molecule has 26 heavy (non-hydrogen) atoms. The third kappa shape index (κ3) is 3.70. The van der Waals surface area contributed by atoms with Crippen molar-refractivity contribution in [3.8, 4) is 0 Å². The van der Waals surface area contributed by atoms with Crippen LogP contribution in [0.2, 0.25) is 0 Å². The number of nitrogens with one attached hydrogen (secondary N) is 2. The lowest BCUT2D eigenvalue weighted by Gasteiger charge is -2.21. The van der Waals surface area contributed by atoms with Crippen molar-refractivity contribution in [3.05, 3.63) is 34.8 Å². The van der Waals surface area contributed by atoms with Crippen molar-refractivity contribution in [3.63, 3.8) is 0 Å². The normalized spacial score (nSPS) is 17.0. The third-order valence-electron chi connectivity index (χ3n) is 4.92. The summed E-state index contributed by atoms with van der Waals surface area (Å²) in [6.07, 6.45) is 3.06. The van der Waals surface area contributed by atoms with Gasteiger partial charge >= 0.3 is 0 Å². The number of anilines is 1. The summed E-state index contributed by atoms with van der Waals surface area (Å²) >= 11 is 0. The van der Waals surface area contributed by atoms with Crippen LogP contribution in [0.4, 0.5) is 5.82 Å². The molecule has 140 valence electrons. The molecule has 3 rings (SSSR count). The van der Waals surface area contributed by atoms with Crippen molar-refractivity contribution >= 4 is 11.7 Å². The molecule has 1 aliphatic heterocycles. The fourth-order valence-electron chi connectivity index (χ4n) is 3.32. The zero-order chi connectivity index (χ0) is 18.8. The van der Waals surface area contributed by atoms with E-state index in [0.717, 1.165) is 54.6 Å². The lowest BCUT2D eigenvalue weighted by Crippen LogP contribution is -2.33. The van der Waals surface area contributed by atoms with Crippen LogP contribution in [0.5, 0.6) is 0 Å². The molecule has 1 amide bonds. The SMILES string of the molecule is CNC(=O)c1nc(C)c(C)c(N2CC[C@@H](NCc3nc(C)cn3C)C2)n1. The van der Waals surface area contributed by atoms with E-state index in [4.69, 9.17) is 0 Å². The van der Waals surface area contributed by atoms with Gasteiger partial charge in [-0.3, -0.25) is 4.79 Å². The summed E-state index contributed by atoms with van der Waals surface area (Å²) in [4.78, 5) is 27.5. The molecule has 0 bridgehead atoms. The Kier molecular flexibility index (Phi) is 5.22. The number of aromatic nitrogens is 4. The van der Waals surface area contributed by atoms with Gasteiger partial charge in [0.05, 0.1) is 12.2 Å². The Morgan fingerprint density at radius 3 is 2.69 bits per heavy atom. The number of carbonyl (C=O) groups is 1. The minimum absolute atomic E-state index is 0.227. The largest absolute Gasteiger partial charge is 0.355 e. The molecule has 1 aliphatic rings. The molecule has 1 saturated heterocycles. The summed E-state index contributed by atoms with van der Waals surface area (Å²) < 4.78 is 2.06. The lowest BCUT2D eigenvalue weighted by atomic mass is 10.2. The second kappa shape index (κ2) is 7.41. The molecule has 3 heterocycles. The van der Waals surface area contributed by atoms with E-state index in [1.165, 1.54) is 0 Å². The van der Waals surface area contributed by atoms with Crippen molar-refractivity contribution in [2.75, 3.05) is 25.0 Å². The minimum atomic E-state index is -0.256. The molecule has 0 saturated carbocycles. The number of rotatable bonds is 5. The van der Waals surface area contributed by atoms with Gasteiger partial charge in [-0.25, -0.2) is 15.0 Å². The first kappa shape index (κ1) is 18.3. The van der Waals surface area contributed by atoms with Gasteiger partial charge < -0.3 is 20.1 Å². The number of hydrogen-bond acceptors (Lipinski definition) is 6. The van der Waals surface area contributed by atoms with Crippen molar-refractivity contribution < 1.29 is 4.79 Å². The minimum Gasteiger partial charge on any atom is -0.355 e. The summed E-state index contributed by atoms with van der Waals surface area (Å²) in [6.45, 7) is 8.44. The maximum Gasteiger partial charge on any atom is 0.288 e.